The first-order chi connectivity index (χ1) is 7.56. The van der Waals surface area contributed by atoms with Crippen molar-refractivity contribution in [3.05, 3.63) is 27.1 Å². The molecule has 0 radical (unpaired) electrons. The lowest BCUT2D eigenvalue weighted by Crippen LogP contribution is -2.27. The van der Waals surface area contributed by atoms with Gasteiger partial charge in [-0.2, -0.15) is 0 Å². The minimum atomic E-state index is 0.499. The molecule has 1 unspecified atom stereocenters. The molecule has 0 aromatic heterocycles. The van der Waals surface area contributed by atoms with E-state index in [2.05, 4.69) is 51.0 Å². The molecule has 1 atom stereocenters. The third kappa shape index (κ3) is 3.75. The number of nitrogens with one attached hydrogen (secondary N) is 1. The van der Waals surface area contributed by atoms with Gasteiger partial charge in [-0.25, -0.2) is 0 Å². The Morgan fingerprint density at radius 1 is 1.25 bits per heavy atom. The van der Waals surface area contributed by atoms with Crippen LogP contribution in [0.5, 0.6) is 0 Å². The highest BCUT2D eigenvalue weighted by Gasteiger charge is 2.12. The monoisotopic (exact) mass is 348 g/mol. The summed E-state index contributed by atoms with van der Waals surface area (Å²) in [6, 6.07) is 6.06. The predicted octanol–water partition coefficient (Wildman–Crippen LogP) is 3.85. The molecular weight excluding hydrogens is 332 g/mol. The van der Waals surface area contributed by atoms with Crippen molar-refractivity contribution in [1.82, 2.24) is 0 Å². The first-order valence-corrected chi connectivity index (χ1v) is 7.02. The molecule has 0 saturated heterocycles. The second-order valence-electron chi connectivity index (χ2n) is 4.22. The van der Waals surface area contributed by atoms with E-state index in [4.69, 9.17) is 5.73 Å². The summed E-state index contributed by atoms with van der Waals surface area (Å²) in [6.45, 7) is 6.02. The summed E-state index contributed by atoms with van der Waals surface area (Å²) >= 11 is 7.06. The van der Waals surface area contributed by atoms with Crippen molar-refractivity contribution in [2.45, 2.75) is 13.8 Å². The normalized spacial score (nSPS) is 12.9. The summed E-state index contributed by atoms with van der Waals surface area (Å²) in [7, 11) is 0. The SMILES string of the molecule is CC(C)C(CN)CNc1c(Br)cccc1Br. The van der Waals surface area contributed by atoms with Crippen LogP contribution in [0.3, 0.4) is 0 Å². The van der Waals surface area contributed by atoms with Crippen LogP contribution >= 0.6 is 31.9 Å². The van der Waals surface area contributed by atoms with Crippen molar-refractivity contribution < 1.29 is 0 Å². The van der Waals surface area contributed by atoms with E-state index in [0.717, 1.165) is 21.2 Å². The number of para-hydroxylation sites is 1. The van der Waals surface area contributed by atoms with Crippen molar-refractivity contribution >= 4 is 37.5 Å². The zero-order valence-electron chi connectivity index (χ0n) is 9.63. The molecule has 0 bridgehead atoms. The van der Waals surface area contributed by atoms with Gasteiger partial charge in [-0.05, 0) is 62.4 Å². The molecule has 0 amide bonds. The molecule has 1 aromatic rings. The molecule has 16 heavy (non-hydrogen) atoms. The fourth-order valence-electron chi connectivity index (χ4n) is 1.49. The summed E-state index contributed by atoms with van der Waals surface area (Å²) in [6.07, 6.45) is 0. The number of hydrogen-bond donors (Lipinski definition) is 2. The molecule has 3 N–H and O–H groups in total. The largest absolute Gasteiger partial charge is 0.383 e. The molecule has 0 aliphatic carbocycles. The van der Waals surface area contributed by atoms with Gasteiger partial charge in [0.2, 0.25) is 0 Å². The summed E-state index contributed by atoms with van der Waals surface area (Å²) in [5.74, 6) is 1.10. The van der Waals surface area contributed by atoms with Gasteiger partial charge in [0.05, 0.1) is 5.69 Å². The Kier molecular flexibility index (Phi) is 5.79. The third-order valence-electron chi connectivity index (χ3n) is 2.75. The van der Waals surface area contributed by atoms with Gasteiger partial charge in [-0.15, -0.1) is 0 Å². The average molecular weight is 350 g/mol. The lowest BCUT2D eigenvalue weighted by Gasteiger charge is -2.21. The van der Waals surface area contributed by atoms with Gasteiger partial charge >= 0.3 is 0 Å². The fourth-order valence-corrected chi connectivity index (χ4v) is 2.77. The van der Waals surface area contributed by atoms with Crippen molar-refractivity contribution in [2.75, 3.05) is 18.4 Å². The van der Waals surface area contributed by atoms with Gasteiger partial charge < -0.3 is 11.1 Å². The van der Waals surface area contributed by atoms with Crippen LogP contribution in [0.4, 0.5) is 5.69 Å². The summed E-state index contributed by atoms with van der Waals surface area (Å²) in [5.41, 5.74) is 6.85. The number of nitrogens with two attached hydrogens (primary N) is 1. The summed E-state index contributed by atoms with van der Waals surface area (Å²) < 4.78 is 2.14. The molecule has 1 aromatic carbocycles. The number of halogens is 2. The van der Waals surface area contributed by atoms with Crippen LogP contribution in [0.1, 0.15) is 13.8 Å². The van der Waals surface area contributed by atoms with Gasteiger partial charge in [0.15, 0.2) is 0 Å². The lowest BCUT2D eigenvalue weighted by atomic mass is 9.96. The molecule has 90 valence electrons. The van der Waals surface area contributed by atoms with Crippen LogP contribution in [0, 0.1) is 11.8 Å². The van der Waals surface area contributed by atoms with Crippen molar-refractivity contribution in [3.63, 3.8) is 0 Å². The van der Waals surface area contributed by atoms with Crippen molar-refractivity contribution in [3.8, 4) is 0 Å². The molecule has 1 rings (SSSR count). The molecule has 0 spiro atoms. The van der Waals surface area contributed by atoms with E-state index in [1.54, 1.807) is 0 Å². The average Bonchev–Trinajstić information content (AvgIpc) is 2.22. The van der Waals surface area contributed by atoms with E-state index < -0.39 is 0 Å². The number of benzene rings is 1. The van der Waals surface area contributed by atoms with Gasteiger partial charge in [0, 0.05) is 15.5 Å². The first kappa shape index (κ1) is 14.0. The van der Waals surface area contributed by atoms with Crippen LogP contribution < -0.4 is 11.1 Å². The zero-order valence-corrected chi connectivity index (χ0v) is 12.8. The standard InChI is InChI=1S/C12H18Br2N2/c1-8(2)9(6-15)7-16-12-10(13)4-3-5-11(12)14/h3-5,8-9,16H,6-7,15H2,1-2H3. The van der Waals surface area contributed by atoms with E-state index >= 15 is 0 Å². The maximum Gasteiger partial charge on any atom is 0.0629 e. The van der Waals surface area contributed by atoms with Crippen LogP contribution in [-0.2, 0) is 0 Å². The molecule has 0 saturated carbocycles. The highest BCUT2D eigenvalue weighted by Crippen LogP contribution is 2.30. The van der Waals surface area contributed by atoms with E-state index in [1.807, 2.05) is 18.2 Å². The topological polar surface area (TPSA) is 38.0 Å². The number of hydrogen-bond acceptors (Lipinski definition) is 2. The lowest BCUT2D eigenvalue weighted by molar-refractivity contribution is 0.413. The van der Waals surface area contributed by atoms with Crippen LogP contribution in [0.25, 0.3) is 0 Å². The molecule has 2 nitrogen and oxygen atoms in total. The molecule has 4 heteroatoms. The van der Waals surface area contributed by atoms with Gasteiger partial charge in [0.25, 0.3) is 0 Å². The van der Waals surface area contributed by atoms with Crippen molar-refractivity contribution in [2.24, 2.45) is 17.6 Å². The fraction of sp³-hybridized carbons (Fsp3) is 0.500. The zero-order chi connectivity index (χ0) is 12.1. The van der Waals surface area contributed by atoms with E-state index in [-0.39, 0.29) is 0 Å². The number of rotatable bonds is 5. The van der Waals surface area contributed by atoms with E-state index in [9.17, 15) is 0 Å². The molecule has 0 heterocycles. The minimum absolute atomic E-state index is 0.499. The Morgan fingerprint density at radius 2 is 1.81 bits per heavy atom. The van der Waals surface area contributed by atoms with Crippen LogP contribution in [0.15, 0.2) is 27.1 Å². The molecule has 0 aliphatic heterocycles. The maximum absolute atomic E-state index is 5.75. The Balaban J connectivity index is 2.67. The quantitative estimate of drug-likeness (QED) is 0.847. The smallest absolute Gasteiger partial charge is 0.0629 e. The van der Waals surface area contributed by atoms with Gasteiger partial charge in [-0.3, -0.25) is 0 Å². The van der Waals surface area contributed by atoms with Crippen molar-refractivity contribution in [1.29, 1.82) is 0 Å². The predicted molar refractivity (Wildman–Crippen MR) is 77.7 cm³/mol. The maximum atomic E-state index is 5.75. The van der Waals surface area contributed by atoms with E-state index in [1.165, 1.54) is 0 Å². The van der Waals surface area contributed by atoms with Gasteiger partial charge in [0.1, 0.15) is 0 Å². The second kappa shape index (κ2) is 6.62. The van der Waals surface area contributed by atoms with Crippen LogP contribution in [-0.4, -0.2) is 13.1 Å². The molecule has 0 aliphatic rings. The summed E-state index contributed by atoms with van der Waals surface area (Å²) in [4.78, 5) is 0. The Bertz CT molecular complexity index is 320. The molecule has 0 fully saturated rings. The highest BCUT2D eigenvalue weighted by molar-refractivity contribution is 9.11. The Hall–Kier alpha value is -0.0600. The Morgan fingerprint density at radius 3 is 2.25 bits per heavy atom. The Labute approximate surface area is 114 Å². The third-order valence-corrected chi connectivity index (χ3v) is 4.07. The van der Waals surface area contributed by atoms with Crippen LogP contribution in [0.2, 0.25) is 0 Å². The van der Waals surface area contributed by atoms with Gasteiger partial charge in [-0.1, -0.05) is 19.9 Å². The first-order valence-electron chi connectivity index (χ1n) is 5.44. The second-order valence-corrected chi connectivity index (χ2v) is 5.93. The number of anilines is 1. The van der Waals surface area contributed by atoms with E-state index in [0.29, 0.717) is 18.4 Å². The highest BCUT2D eigenvalue weighted by atomic mass is 79.9. The summed E-state index contributed by atoms with van der Waals surface area (Å²) in [5, 5.41) is 3.44. The molecular formula is C12H18Br2N2. The minimum Gasteiger partial charge on any atom is -0.383 e.